The maximum Gasteiger partial charge on any atom is 0.128 e. The first-order valence-corrected chi connectivity index (χ1v) is 7.49. The van der Waals surface area contributed by atoms with Gasteiger partial charge in [0.2, 0.25) is 0 Å². The van der Waals surface area contributed by atoms with Gasteiger partial charge in [-0.05, 0) is 24.1 Å². The van der Waals surface area contributed by atoms with Gasteiger partial charge < -0.3 is 15.5 Å². The van der Waals surface area contributed by atoms with Crippen LogP contribution in [0, 0.1) is 5.41 Å². The predicted octanol–water partition coefficient (Wildman–Crippen LogP) is 3.60. The van der Waals surface area contributed by atoms with E-state index in [-0.39, 0.29) is 18.1 Å². The molecule has 0 spiro atoms. The molecule has 3 nitrogen and oxygen atoms in total. The lowest BCUT2D eigenvalue weighted by molar-refractivity contribution is 0.203. The average Bonchev–Trinajstić information content (AvgIpc) is 2.45. The number of rotatable bonds is 6. The van der Waals surface area contributed by atoms with Crippen LogP contribution in [0.4, 0.5) is 0 Å². The number of aliphatic hydroxyl groups is 1. The van der Waals surface area contributed by atoms with E-state index >= 15 is 0 Å². The average molecular weight is 287 g/mol. The summed E-state index contributed by atoms with van der Waals surface area (Å²) in [7, 11) is 0. The Bertz CT molecular complexity index is 607. The molecule has 0 heterocycles. The highest BCUT2D eigenvalue weighted by Gasteiger charge is 2.19. The van der Waals surface area contributed by atoms with E-state index in [2.05, 4.69) is 26.1 Å². The van der Waals surface area contributed by atoms with E-state index in [1.165, 1.54) is 0 Å². The van der Waals surface area contributed by atoms with Crippen LogP contribution in [0.15, 0.2) is 36.4 Å². The molecule has 0 aliphatic carbocycles. The Hall–Kier alpha value is -1.58. The van der Waals surface area contributed by atoms with Crippen LogP contribution in [0.3, 0.4) is 0 Å². The summed E-state index contributed by atoms with van der Waals surface area (Å²) in [5.41, 5.74) is 0.948. The zero-order chi connectivity index (χ0) is 15.5. The van der Waals surface area contributed by atoms with Crippen molar-refractivity contribution in [1.29, 1.82) is 0 Å². The van der Waals surface area contributed by atoms with E-state index < -0.39 is 0 Å². The molecule has 0 saturated heterocycles. The molecule has 0 amide bonds. The zero-order valence-electron chi connectivity index (χ0n) is 13.1. The Morgan fingerprint density at radius 3 is 2.57 bits per heavy atom. The van der Waals surface area contributed by atoms with Crippen LogP contribution in [0.1, 0.15) is 38.8 Å². The van der Waals surface area contributed by atoms with Gasteiger partial charge in [-0.3, -0.25) is 0 Å². The minimum Gasteiger partial charge on any atom is -0.507 e. The van der Waals surface area contributed by atoms with Crippen LogP contribution in [-0.4, -0.2) is 23.4 Å². The van der Waals surface area contributed by atoms with Crippen LogP contribution < -0.4 is 5.32 Å². The minimum atomic E-state index is 0.0372. The van der Waals surface area contributed by atoms with Gasteiger partial charge in [-0.15, -0.1) is 0 Å². The Balaban J connectivity index is 2.16. The van der Waals surface area contributed by atoms with Gasteiger partial charge in [0, 0.05) is 30.1 Å². The lowest BCUT2D eigenvalue weighted by Crippen LogP contribution is -2.32. The summed E-state index contributed by atoms with van der Waals surface area (Å²) < 4.78 is 0. The third-order valence-electron chi connectivity index (χ3n) is 4.07. The first-order chi connectivity index (χ1) is 9.94. The Labute approximate surface area is 126 Å². The molecule has 0 fully saturated rings. The summed E-state index contributed by atoms with van der Waals surface area (Å²) in [6, 6.07) is 11.9. The Morgan fingerprint density at radius 1 is 1.14 bits per heavy atom. The minimum absolute atomic E-state index is 0.0372. The number of hydrogen-bond donors (Lipinski definition) is 3. The van der Waals surface area contributed by atoms with E-state index in [0.717, 1.165) is 29.3 Å². The van der Waals surface area contributed by atoms with Crippen LogP contribution in [0.5, 0.6) is 5.75 Å². The van der Waals surface area contributed by atoms with Gasteiger partial charge in [0.1, 0.15) is 5.75 Å². The van der Waals surface area contributed by atoms with Gasteiger partial charge in [0.25, 0.3) is 0 Å². The largest absolute Gasteiger partial charge is 0.507 e. The van der Waals surface area contributed by atoms with Gasteiger partial charge in [-0.2, -0.15) is 0 Å². The number of nitrogens with one attached hydrogen (secondary N) is 1. The number of phenolic OH excluding ortho intramolecular Hbond substituents is 1. The second kappa shape index (κ2) is 6.46. The van der Waals surface area contributed by atoms with Crippen molar-refractivity contribution in [2.75, 3.05) is 13.2 Å². The summed E-state index contributed by atoms with van der Waals surface area (Å²) in [6.07, 6.45) is 0.760. The summed E-state index contributed by atoms with van der Waals surface area (Å²) in [5.74, 6) is 0.355. The number of aliphatic hydroxyl groups excluding tert-OH is 1. The topological polar surface area (TPSA) is 52.5 Å². The fraction of sp³-hybridized carbons (Fsp3) is 0.444. The molecule has 0 radical (unpaired) electrons. The lowest BCUT2D eigenvalue weighted by atomic mass is 9.89. The van der Waals surface area contributed by atoms with Gasteiger partial charge in [-0.1, -0.05) is 50.2 Å². The van der Waals surface area contributed by atoms with Crippen LogP contribution in [0.2, 0.25) is 0 Å². The number of benzene rings is 2. The molecule has 0 aromatic heterocycles. The van der Waals surface area contributed by atoms with Crippen molar-refractivity contribution in [1.82, 2.24) is 5.32 Å². The van der Waals surface area contributed by atoms with Gasteiger partial charge >= 0.3 is 0 Å². The first kappa shape index (κ1) is 15.8. The summed E-state index contributed by atoms with van der Waals surface area (Å²) in [6.45, 7) is 7.30. The quantitative estimate of drug-likeness (QED) is 0.761. The number of fused-ring (bicyclic) bond motifs is 1. The van der Waals surface area contributed by atoms with Crippen LogP contribution in [0.25, 0.3) is 10.8 Å². The van der Waals surface area contributed by atoms with Gasteiger partial charge in [0.15, 0.2) is 0 Å². The molecule has 21 heavy (non-hydrogen) atoms. The van der Waals surface area contributed by atoms with Crippen molar-refractivity contribution in [3.05, 3.63) is 42.0 Å². The van der Waals surface area contributed by atoms with Crippen molar-refractivity contribution in [2.45, 2.75) is 33.2 Å². The highest BCUT2D eigenvalue weighted by atomic mass is 16.3. The van der Waals surface area contributed by atoms with Crippen molar-refractivity contribution in [2.24, 2.45) is 5.41 Å². The van der Waals surface area contributed by atoms with Gasteiger partial charge in [-0.25, -0.2) is 0 Å². The molecule has 0 saturated carbocycles. The molecule has 2 aromatic carbocycles. The monoisotopic (exact) mass is 287 g/mol. The van der Waals surface area contributed by atoms with Crippen molar-refractivity contribution >= 4 is 10.8 Å². The summed E-state index contributed by atoms with van der Waals surface area (Å²) in [4.78, 5) is 0. The summed E-state index contributed by atoms with van der Waals surface area (Å²) >= 11 is 0. The molecule has 3 N–H and O–H groups in total. The second-order valence-corrected chi connectivity index (χ2v) is 6.46. The third-order valence-corrected chi connectivity index (χ3v) is 4.07. The maximum absolute atomic E-state index is 10.5. The van der Waals surface area contributed by atoms with Crippen LogP contribution >= 0.6 is 0 Å². The molecule has 0 bridgehead atoms. The van der Waals surface area contributed by atoms with Crippen molar-refractivity contribution in [3.8, 4) is 5.75 Å². The first-order valence-electron chi connectivity index (χ1n) is 7.49. The Morgan fingerprint density at radius 2 is 1.86 bits per heavy atom. The van der Waals surface area contributed by atoms with E-state index in [9.17, 15) is 5.11 Å². The molecule has 0 aliphatic heterocycles. The SMILES string of the molecule is CC(NCC(C)(C)CCO)c1ccc2ccccc2c1O. The number of hydrogen-bond acceptors (Lipinski definition) is 3. The van der Waals surface area contributed by atoms with E-state index in [4.69, 9.17) is 5.11 Å². The van der Waals surface area contributed by atoms with E-state index in [1.54, 1.807) is 0 Å². The van der Waals surface area contributed by atoms with E-state index in [1.807, 2.05) is 36.4 Å². The highest BCUT2D eigenvalue weighted by Crippen LogP contribution is 2.32. The smallest absolute Gasteiger partial charge is 0.128 e. The molecule has 114 valence electrons. The highest BCUT2D eigenvalue weighted by molar-refractivity contribution is 5.89. The molecule has 2 aromatic rings. The molecule has 1 atom stereocenters. The molecule has 2 rings (SSSR count). The molecule has 1 unspecified atom stereocenters. The van der Waals surface area contributed by atoms with Gasteiger partial charge in [0.05, 0.1) is 0 Å². The number of phenols is 1. The Kier molecular flexibility index (Phi) is 4.86. The maximum atomic E-state index is 10.5. The molecule has 3 heteroatoms. The normalized spacial score (nSPS) is 13.5. The van der Waals surface area contributed by atoms with Crippen LogP contribution in [-0.2, 0) is 0 Å². The fourth-order valence-electron chi connectivity index (χ4n) is 2.55. The number of aromatic hydroxyl groups is 1. The lowest BCUT2D eigenvalue weighted by Gasteiger charge is -2.27. The zero-order valence-corrected chi connectivity index (χ0v) is 13.1. The van der Waals surface area contributed by atoms with Crippen molar-refractivity contribution < 1.29 is 10.2 Å². The van der Waals surface area contributed by atoms with Crippen molar-refractivity contribution in [3.63, 3.8) is 0 Å². The van der Waals surface area contributed by atoms with E-state index in [0.29, 0.717) is 5.75 Å². The second-order valence-electron chi connectivity index (χ2n) is 6.46. The fourth-order valence-corrected chi connectivity index (χ4v) is 2.55. The summed E-state index contributed by atoms with van der Waals surface area (Å²) in [5, 5.41) is 24.9. The predicted molar refractivity (Wildman–Crippen MR) is 87.5 cm³/mol. The molecule has 0 aliphatic rings. The third kappa shape index (κ3) is 3.74. The molecular weight excluding hydrogens is 262 g/mol. The molecular formula is C18H25NO2. The standard InChI is InChI=1S/C18H25NO2/c1-13(19-12-18(2,3)10-11-20)15-9-8-14-6-4-5-7-16(14)17(15)21/h4-9,13,19-21H,10-12H2,1-3H3.